The van der Waals surface area contributed by atoms with E-state index in [9.17, 15) is 0 Å². The van der Waals surface area contributed by atoms with Crippen LogP contribution in [0.2, 0.25) is 5.02 Å². The second kappa shape index (κ2) is 9.71. The summed E-state index contributed by atoms with van der Waals surface area (Å²) in [4.78, 5) is 0. The normalized spacial score (nSPS) is 12.6. The highest BCUT2D eigenvalue weighted by Crippen LogP contribution is 2.17. The summed E-state index contributed by atoms with van der Waals surface area (Å²) in [6, 6.07) is 8.26. The zero-order valence-electron chi connectivity index (χ0n) is 11.4. The van der Waals surface area contributed by atoms with Gasteiger partial charge in [0.2, 0.25) is 0 Å². The summed E-state index contributed by atoms with van der Waals surface area (Å²) in [6.07, 6.45) is 5.77. The Balaban J connectivity index is 2.48. The molecule has 0 radical (unpaired) electrons. The molecule has 102 valence electrons. The van der Waals surface area contributed by atoms with E-state index < -0.39 is 0 Å². The Morgan fingerprint density at radius 1 is 1.39 bits per heavy atom. The Hall–Kier alpha value is -0.180. The Kier molecular flexibility index (Phi) is 8.57. The molecule has 1 aromatic rings. The van der Waals surface area contributed by atoms with Crippen LogP contribution in [0.1, 0.15) is 25.3 Å². The van der Waals surface area contributed by atoms with E-state index >= 15 is 0 Å². The molecule has 1 nitrogen and oxygen atoms in total. The molecule has 0 aliphatic rings. The second-order valence-electron chi connectivity index (χ2n) is 4.69. The number of benzene rings is 1. The van der Waals surface area contributed by atoms with Crippen molar-refractivity contribution in [3.8, 4) is 0 Å². The third-order valence-corrected chi connectivity index (χ3v) is 3.88. The van der Waals surface area contributed by atoms with Gasteiger partial charge in [-0.3, -0.25) is 0 Å². The largest absolute Gasteiger partial charge is 0.316 e. The van der Waals surface area contributed by atoms with Crippen molar-refractivity contribution in [3.63, 3.8) is 0 Å². The van der Waals surface area contributed by atoms with Crippen LogP contribution in [-0.4, -0.2) is 25.1 Å². The maximum Gasteiger partial charge on any atom is 0.0408 e. The van der Waals surface area contributed by atoms with Gasteiger partial charge in [-0.1, -0.05) is 30.7 Å². The average molecular weight is 286 g/mol. The van der Waals surface area contributed by atoms with Crippen LogP contribution < -0.4 is 5.32 Å². The molecule has 0 aliphatic carbocycles. The monoisotopic (exact) mass is 285 g/mol. The first-order valence-corrected chi connectivity index (χ1v) is 8.47. The number of thioether (sulfide) groups is 1. The molecule has 1 N–H and O–H groups in total. The summed E-state index contributed by atoms with van der Waals surface area (Å²) in [7, 11) is 0. The van der Waals surface area contributed by atoms with E-state index in [1.54, 1.807) is 0 Å². The van der Waals surface area contributed by atoms with Gasteiger partial charge in [-0.25, -0.2) is 0 Å². The molecule has 0 spiro atoms. The predicted octanol–water partition coefficient (Wildman–Crippen LogP) is 4.25. The van der Waals surface area contributed by atoms with E-state index in [-0.39, 0.29) is 0 Å². The van der Waals surface area contributed by atoms with Crippen molar-refractivity contribution in [1.82, 2.24) is 5.32 Å². The van der Waals surface area contributed by atoms with Gasteiger partial charge in [0.05, 0.1) is 0 Å². The molecule has 0 fully saturated rings. The van der Waals surface area contributed by atoms with Crippen molar-refractivity contribution < 1.29 is 0 Å². The molecular weight excluding hydrogens is 262 g/mol. The maximum absolute atomic E-state index is 6.04. The zero-order valence-corrected chi connectivity index (χ0v) is 13.0. The fourth-order valence-electron chi connectivity index (χ4n) is 2.04. The van der Waals surface area contributed by atoms with Gasteiger partial charge in [0.25, 0.3) is 0 Å². The molecule has 0 bridgehead atoms. The molecule has 0 aromatic heterocycles. The minimum Gasteiger partial charge on any atom is -0.316 e. The lowest BCUT2D eigenvalue weighted by Crippen LogP contribution is -2.25. The lowest BCUT2D eigenvalue weighted by molar-refractivity contribution is 0.463. The molecule has 1 unspecified atom stereocenters. The van der Waals surface area contributed by atoms with Crippen LogP contribution in [0.25, 0.3) is 0 Å². The molecule has 1 aromatic carbocycles. The number of rotatable bonds is 9. The SMILES string of the molecule is CCCNCC(CCSC)Cc1cccc(Cl)c1. The number of nitrogens with one attached hydrogen (secondary N) is 1. The molecule has 0 aliphatic heterocycles. The van der Waals surface area contributed by atoms with Crippen LogP contribution in [0, 0.1) is 5.92 Å². The van der Waals surface area contributed by atoms with E-state index in [0.29, 0.717) is 5.92 Å². The van der Waals surface area contributed by atoms with Crippen molar-refractivity contribution in [2.24, 2.45) is 5.92 Å². The summed E-state index contributed by atoms with van der Waals surface area (Å²) >= 11 is 7.97. The van der Waals surface area contributed by atoms with Gasteiger partial charge in [-0.15, -0.1) is 0 Å². The summed E-state index contributed by atoms with van der Waals surface area (Å²) in [6.45, 7) is 4.44. The van der Waals surface area contributed by atoms with Crippen LogP contribution in [0.4, 0.5) is 0 Å². The quantitative estimate of drug-likeness (QED) is 0.681. The first kappa shape index (κ1) is 15.9. The van der Waals surface area contributed by atoms with E-state index in [4.69, 9.17) is 11.6 Å². The molecule has 18 heavy (non-hydrogen) atoms. The highest BCUT2D eigenvalue weighted by molar-refractivity contribution is 7.98. The first-order valence-electron chi connectivity index (χ1n) is 6.70. The fraction of sp³-hybridized carbons (Fsp3) is 0.600. The number of hydrogen-bond acceptors (Lipinski definition) is 2. The molecule has 0 heterocycles. The number of hydrogen-bond donors (Lipinski definition) is 1. The Morgan fingerprint density at radius 3 is 2.89 bits per heavy atom. The van der Waals surface area contributed by atoms with Crippen molar-refractivity contribution in [2.75, 3.05) is 25.1 Å². The summed E-state index contributed by atoms with van der Waals surface area (Å²) in [5.74, 6) is 1.95. The van der Waals surface area contributed by atoms with E-state index in [2.05, 4.69) is 30.6 Å². The molecule has 0 saturated carbocycles. The summed E-state index contributed by atoms with van der Waals surface area (Å²) < 4.78 is 0. The van der Waals surface area contributed by atoms with Gasteiger partial charge < -0.3 is 5.32 Å². The van der Waals surface area contributed by atoms with Gasteiger partial charge in [-0.05, 0) is 68.0 Å². The van der Waals surface area contributed by atoms with Gasteiger partial charge in [0, 0.05) is 5.02 Å². The van der Waals surface area contributed by atoms with Gasteiger partial charge in [-0.2, -0.15) is 11.8 Å². The smallest absolute Gasteiger partial charge is 0.0408 e. The van der Waals surface area contributed by atoms with Gasteiger partial charge >= 0.3 is 0 Å². The Bertz CT molecular complexity index is 330. The molecular formula is C15H24ClNS. The Morgan fingerprint density at radius 2 is 2.22 bits per heavy atom. The topological polar surface area (TPSA) is 12.0 Å². The van der Waals surface area contributed by atoms with Gasteiger partial charge in [0.15, 0.2) is 0 Å². The average Bonchev–Trinajstić information content (AvgIpc) is 2.36. The van der Waals surface area contributed by atoms with E-state index in [1.807, 2.05) is 23.9 Å². The highest BCUT2D eigenvalue weighted by Gasteiger charge is 2.09. The zero-order chi connectivity index (χ0) is 13.2. The second-order valence-corrected chi connectivity index (χ2v) is 6.11. The van der Waals surface area contributed by atoms with Crippen LogP contribution in [0.5, 0.6) is 0 Å². The fourth-order valence-corrected chi connectivity index (χ4v) is 2.82. The Labute approximate surface area is 121 Å². The third kappa shape index (κ3) is 6.67. The lowest BCUT2D eigenvalue weighted by atomic mass is 9.97. The molecule has 1 rings (SSSR count). The third-order valence-electron chi connectivity index (χ3n) is 3.00. The first-order chi connectivity index (χ1) is 8.76. The van der Waals surface area contributed by atoms with Crippen LogP contribution >= 0.6 is 23.4 Å². The molecule has 1 atom stereocenters. The van der Waals surface area contributed by atoms with Crippen LogP contribution in [0.15, 0.2) is 24.3 Å². The van der Waals surface area contributed by atoms with Gasteiger partial charge in [0.1, 0.15) is 0 Å². The van der Waals surface area contributed by atoms with Crippen molar-refractivity contribution in [1.29, 1.82) is 0 Å². The molecule has 3 heteroatoms. The minimum absolute atomic E-state index is 0.711. The van der Waals surface area contributed by atoms with E-state index in [0.717, 1.165) is 24.5 Å². The molecule has 0 saturated heterocycles. The maximum atomic E-state index is 6.04. The summed E-state index contributed by atoms with van der Waals surface area (Å²) in [5.41, 5.74) is 1.35. The van der Waals surface area contributed by atoms with E-state index in [1.165, 1.54) is 24.2 Å². The highest BCUT2D eigenvalue weighted by atomic mass is 35.5. The standard InChI is InChI=1S/C15H24ClNS/c1-3-8-17-12-14(7-9-18-2)10-13-5-4-6-15(16)11-13/h4-6,11,14,17H,3,7-10,12H2,1-2H3. The minimum atomic E-state index is 0.711. The number of halogens is 1. The van der Waals surface area contributed by atoms with Crippen molar-refractivity contribution in [2.45, 2.75) is 26.2 Å². The summed E-state index contributed by atoms with van der Waals surface area (Å²) in [5, 5.41) is 4.38. The predicted molar refractivity (Wildman–Crippen MR) is 84.8 cm³/mol. The van der Waals surface area contributed by atoms with Crippen molar-refractivity contribution >= 4 is 23.4 Å². The van der Waals surface area contributed by atoms with Crippen LogP contribution in [-0.2, 0) is 6.42 Å². The van der Waals surface area contributed by atoms with Crippen LogP contribution in [0.3, 0.4) is 0 Å². The van der Waals surface area contributed by atoms with Crippen molar-refractivity contribution in [3.05, 3.63) is 34.9 Å². The lowest BCUT2D eigenvalue weighted by Gasteiger charge is -2.17. The molecule has 0 amide bonds.